The van der Waals surface area contributed by atoms with Gasteiger partial charge in [0.1, 0.15) is 18.2 Å². The van der Waals surface area contributed by atoms with Crippen molar-refractivity contribution in [2.75, 3.05) is 33.4 Å². The maximum atomic E-state index is 12.7. The van der Waals surface area contributed by atoms with Crippen molar-refractivity contribution in [3.05, 3.63) is 30.1 Å². The van der Waals surface area contributed by atoms with Gasteiger partial charge in [-0.1, -0.05) is 0 Å². The quantitative estimate of drug-likeness (QED) is 0.712. The molecule has 0 spiro atoms. The van der Waals surface area contributed by atoms with Crippen molar-refractivity contribution in [1.82, 2.24) is 4.90 Å². The van der Waals surface area contributed by atoms with E-state index in [0.717, 1.165) is 19.7 Å². The number of hydrogen-bond acceptors (Lipinski definition) is 3. The zero-order valence-electron chi connectivity index (χ0n) is 11.4. The highest BCUT2D eigenvalue weighted by Crippen LogP contribution is 2.10. The lowest BCUT2D eigenvalue weighted by Gasteiger charge is -2.17. The standard InChI is InChI=1S/C14H22FNO2/c1-12(2)17-10-8-16(3)9-11-18-14-6-4-13(15)5-7-14/h4-7,12H,8-11H2,1-3H3. The van der Waals surface area contributed by atoms with E-state index in [0.29, 0.717) is 12.4 Å². The fraction of sp³-hybridized carbons (Fsp3) is 0.571. The molecule has 0 unspecified atom stereocenters. The Labute approximate surface area is 109 Å². The van der Waals surface area contributed by atoms with E-state index < -0.39 is 0 Å². The Kier molecular flexibility index (Phi) is 6.68. The van der Waals surface area contributed by atoms with Gasteiger partial charge in [-0.15, -0.1) is 0 Å². The van der Waals surface area contributed by atoms with Crippen molar-refractivity contribution in [2.45, 2.75) is 20.0 Å². The van der Waals surface area contributed by atoms with Crippen LogP contribution < -0.4 is 4.74 Å². The molecule has 0 fully saturated rings. The topological polar surface area (TPSA) is 21.7 Å². The average Bonchev–Trinajstić information content (AvgIpc) is 2.31. The second kappa shape index (κ2) is 8.06. The summed E-state index contributed by atoms with van der Waals surface area (Å²) in [7, 11) is 2.03. The number of halogens is 1. The number of benzene rings is 1. The second-order valence-electron chi connectivity index (χ2n) is 4.53. The minimum absolute atomic E-state index is 0.245. The van der Waals surface area contributed by atoms with E-state index in [1.807, 2.05) is 20.9 Å². The number of rotatable bonds is 8. The number of nitrogens with zero attached hydrogens (tertiary/aromatic N) is 1. The summed E-state index contributed by atoms with van der Waals surface area (Å²) in [6.45, 7) is 7.06. The molecule has 0 saturated carbocycles. The molecule has 1 aromatic carbocycles. The van der Waals surface area contributed by atoms with Gasteiger partial charge < -0.3 is 14.4 Å². The van der Waals surface area contributed by atoms with Crippen molar-refractivity contribution >= 4 is 0 Å². The molecule has 1 aromatic rings. The first-order chi connectivity index (χ1) is 8.58. The van der Waals surface area contributed by atoms with Crippen LogP contribution in [0.5, 0.6) is 5.75 Å². The summed E-state index contributed by atoms with van der Waals surface area (Å²) in [4.78, 5) is 2.14. The molecule has 1 rings (SSSR count). The van der Waals surface area contributed by atoms with Crippen LogP contribution in [-0.4, -0.2) is 44.4 Å². The third kappa shape index (κ3) is 6.57. The van der Waals surface area contributed by atoms with E-state index in [4.69, 9.17) is 9.47 Å². The zero-order valence-corrected chi connectivity index (χ0v) is 11.4. The molecule has 0 aliphatic rings. The van der Waals surface area contributed by atoms with Crippen LogP contribution >= 0.6 is 0 Å². The molecule has 0 aromatic heterocycles. The highest BCUT2D eigenvalue weighted by Gasteiger charge is 2.00. The predicted molar refractivity (Wildman–Crippen MR) is 70.5 cm³/mol. The molecule has 4 heteroatoms. The lowest BCUT2D eigenvalue weighted by Crippen LogP contribution is -2.28. The van der Waals surface area contributed by atoms with Crippen LogP contribution in [0.1, 0.15) is 13.8 Å². The highest BCUT2D eigenvalue weighted by atomic mass is 19.1. The van der Waals surface area contributed by atoms with Crippen LogP contribution in [0.3, 0.4) is 0 Å². The van der Waals surface area contributed by atoms with E-state index in [1.54, 1.807) is 12.1 Å². The fourth-order valence-electron chi connectivity index (χ4n) is 1.41. The minimum Gasteiger partial charge on any atom is -0.492 e. The SMILES string of the molecule is CC(C)OCCN(C)CCOc1ccc(F)cc1. The summed E-state index contributed by atoms with van der Waals surface area (Å²) in [6.07, 6.45) is 0.272. The van der Waals surface area contributed by atoms with Crippen molar-refractivity contribution in [2.24, 2.45) is 0 Å². The maximum absolute atomic E-state index is 12.7. The van der Waals surface area contributed by atoms with E-state index in [1.165, 1.54) is 12.1 Å². The van der Waals surface area contributed by atoms with E-state index >= 15 is 0 Å². The van der Waals surface area contributed by atoms with Gasteiger partial charge in [0.25, 0.3) is 0 Å². The molecule has 3 nitrogen and oxygen atoms in total. The zero-order chi connectivity index (χ0) is 13.4. The van der Waals surface area contributed by atoms with Gasteiger partial charge >= 0.3 is 0 Å². The van der Waals surface area contributed by atoms with Crippen LogP contribution in [0.25, 0.3) is 0 Å². The molecule has 0 radical (unpaired) electrons. The average molecular weight is 255 g/mol. The van der Waals surface area contributed by atoms with Crippen LogP contribution in [0, 0.1) is 5.82 Å². The molecule has 0 heterocycles. The number of ether oxygens (including phenoxy) is 2. The summed E-state index contributed by atoms with van der Waals surface area (Å²) in [5.74, 6) is 0.452. The molecule has 0 aliphatic heterocycles. The first-order valence-electron chi connectivity index (χ1n) is 6.26. The van der Waals surface area contributed by atoms with Crippen molar-refractivity contribution in [3.63, 3.8) is 0 Å². The Balaban J connectivity index is 2.11. The molecule has 0 amide bonds. The first-order valence-corrected chi connectivity index (χ1v) is 6.26. The molecular weight excluding hydrogens is 233 g/mol. The van der Waals surface area contributed by atoms with Gasteiger partial charge in [-0.25, -0.2) is 4.39 Å². The molecule has 102 valence electrons. The van der Waals surface area contributed by atoms with Gasteiger partial charge in [-0.3, -0.25) is 0 Å². The van der Waals surface area contributed by atoms with Crippen molar-refractivity contribution in [3.8, 4) is 5.75 Å². The maximum Gasteiger partial charge on any atom is 0.123 e. The summed E-state index contributed by atoms with van der Waals surface area (Å²) in [6, 6.07) is 6.07. The Morgan fingerprint density at radius 1 is 1.11 bits per heavy atom. The van der Waals surface area contributed by atoms with Crippen molar-refractivity contribution < 1.29 is 13.9 Å². The Hall–Kier alpha value is -1.13. The third-order valence-corrected chi connectivity index (χ3v) is 2.48. The monoisotopic (exact) mass is 255 g/mol. The van der Waals surface area contributed by atoms with Gasteiger partial charge in [-0.05, 0) is 45.2 Å². The lowest BCUT2D eigenvalue weighted by molar-refractivity contribution is 0.0616. The normalized spacial score (nSPS) is 11.2. The summed E-state index contributed by atoms with van der Waals surface area (Å²) in [5, 5.41) is 0. The van der Waals surface area contributed by atoms with Crippen LogP contribution in [-0.2, 0) is 4.74 Å². The van der Waals surface area contributed by atoms with E-state index in [2.05, 4.69) is 4.90 Å². The Morgan fingerprint density at radius 2 is 1.72 bits per heavy atom. The van der Waals surface area contributed by atoms with Crippen LogP contribution in [0.4, 0.5) is 4.39 Å². The molecule has 0 atom stereocenters. The van der Waals surface area contributed by atoms with E-state index in [-0.39, 0.29) is 11.9 Å². The molecule has 0 bridgehead atoms. The highest BCUT2D eigenvalue weighted by molar-refractivity contribution is 5.21. The molecule has 18 heavy (non-hydrogen) atoms. The largest absolute Gasteiger partial charge is 0.492 e. The minimum atomic E-state index is -0.245. The van der Waals surface area contributed by atoms with Crippen molar-refractivity contribution in [1.29, 1.82) is 0 Å². The number of hydrogen-bond donors (Lipinski definition) is 0. The summed E-state index contributed by atoms with van der Waals surface area (Å²) in [5.41, 5.74) is 0. The summed E-state index contributed by atoms with van der Waals surface area (Å²) >= 11 is 0. The third-order valence-electron chi connectivity index (χ3n) is 2.48. The summed E-state index contributed by atoms with van der Waals surface area (Å²) < 4.78 is 23.6. The van der Waals surface area contributed by atoms with Gasteiger partial charge in [0.05, 0.1) is 12.7 Å². The second-order valence-corrected chi connectivity index (χ2v) is 4.53. The van der Waals surface area contributed by atoms with Gasteiger partial charge in [-0.2, -0.15) is 0 Å². The molecule has 0 N–H and O–H groups in total. The molecule has 0 saturated heterocycles. The van der Waals surface area contributed by atoms with Gasteiger partial charge in [0.15, 0.2) is 0 Å². The molecule has 0 aliphatic carbocycles. The fourth-order valence-corrected chi connectivity index (χ4v) is 1.41. The lowest BCUT2D eigenvalue weighted by atomic mass is 10.3. The van der Waals surface area contributed by atoms with Gasteiger partial charge in [0, 0.05) is 13.1 Å². The molecular formula is C14H22FNO2. The predicted octanol–water partition coefficient (Wildman–Crippen LogP) is 2.56. The Bertz CT molecular complexity index is 327. The number of likely N-dealkylation sites (N-methyl/N-ethyl adjacent to an activating group) is 1. The Morgan fingerprint density at radius 3 is 2.33 bits per heavy atom. The van der Waals surface area contributed by atoms with Crippen LogP contribution in [0.2, 0.25) is 0 Å². The van der Waals surface area contributed by atoms with Crippen LogP contribution in [0.15, 0.2) is 24.3 Å². The first kappa shape index (κ1) is 14.9. The smallest absolute Gasteiger partial charge is 0.123 e. The van der Waals surface area contributed by atoms with Gasteiger partial charge in [0.2, 0.25) is 0 Å². The van der Waals surface area contributed by atoms with E-state index in [9.17, 15) is 4.39 Å².